The lowest BCUT2D eigenvalue weighted by atomic mass is 10.0. The highest BCUT2D eigenvalue weighted by Gasteiger charge is 2.21. The second-order valence-corrected chi connectivity index (χ2v) is 4.37. The highest BCUT2D eigenvalue weighted by atomic mass is 16.6. The minimum Gasteiger partial charge on any atom is -0.296 e. The van der Waals surface area contributed by atoms with Crippen LogP contribution in [0.4, 0.5) is 5.69 Å². The van der Waals surface area contributed by atoms with Crippen LogP contribution in [-0.2, 0) is 13.0 Å². The highest BCUT2D eigenvalue weighted by Crippen LogP contribution is 2.22. The number of aromatic nitrogens is 1. The predicted molar refractivity (Wildman–Crippen MR) is 60.1 cm³/mol. The van der Waals surface area contributed by atoms with Crippen molar-refractivity contribution in [3.05, 3.63) is 33.6 Å². The van der Waals surface area contributed by atoms with Crippen LogP contribution in [0.15, 0.2) is 12.3 Å². The van der Waals surface area contributed by atoms with Gasteiger partial charge in [0.15, 0.2) is 0 Å². The van der Waals surface area contributed by atoms with Crippen molar-refractivity contribution in [1.82, 2.24) is 9.88 Å². The van der Waals surface area contributed by atoms with Crippen molar-refractivity contribution in [3.8, 4) is 0 Å². The lowest BCUT2D eigenvalue weighted by molar-refractivity contribution is -0.385. The van der Waals surface area contributed by atoms with Crippen molar-refractivity contribution in [2.24, 2.45) is 0 Å². The first-order valence-electron chi connectivity index (χ1n) is 5.44. The van der Waals surface area contributed by atoms with E-state index >= 15 is 0 Å². The predicted octanol–water partition coefficient (Wildman–Crippen LogP) is 1.76. The van der Waals surface area contributed by atoms with Crippen LogP contribution in [-0.4, -0.2) is 27.4 Å². The molecule has 0 N–H and O–H groups in total. The molecule has 0 saturated carbocycles. The average molecular weight is 221 g/mol. The number of hydrogen-bond acceptors (Lipinski definition) is 4. The molecule has 0 atom stereocenters. The standard InChI is InChI=1S/C11H15N3O2/c1-8(2)13-4-3-11-9(7-13)5-10(6-12-11)14(15)16/h5-6,8H,3-4,7H2,1-2H3. The van der Waals surface area contributed by atoms with Crippen molar-refractivity contribution in [1.29, 1.82) is 0 Å². The fraction of sp³-hybridized carbons (Fsp3) is 0.545. The molecule has 1 aliphatic rings. The number of nitrogens with zero attached hydrogens (tertiary/aromatic N) is 3. The van der Waals surface area contributed by atoms with Crippen molar-refractivity contribution in [2.45, 2.75) is 32.9 Å². The zero-order chi connectivity index (χ0) is 11.7. The smallest absolute Gasteiger partial charge is 0.287 e. The molecular weight excluding hydrogens is 206 g/mol. The van der Waals surface area contributed by atoms with E-state index in [4.69, 9.17) is 0 Å². The molecule has 86 valence electrons. The Morgan fingerprint density at radius 3 is 2.94 bits per heavy atom. The molecule has 2 rings (SSSR count). The summed E-state index contributed by atoms with van der Waals surface area (Å²) in [5.74, 6) is 0. The third kappa shape index (κ3) is 2.04. The Morgan fingerprint density at radius 1 is 1.56 bits per heavy atom. The Kier molecular flexibility index (Phi) is 2.87. The van der Waals surface area contributed by atoms with Crippen LogP contribution in [0.25, 0.3) is 0 Å². The molecule has 0 amide bonds. The molecular formula is C11H15N3O2. The number of hydrogen-bond donors (Lipinski definition) is 0. The van der Waals surface area contributed by atoms with E-state index < -0.39 is 0 Å². The maximum Gasteiger partial charge on any atom is 0.287 e. The number of pyridine rings is 1. The van der Waals surface area contributed by atoms with Gasteiger partial charge in [-0.1, -0.05) is 0 Å². The van der Waals surface area contributed by atoms with E-state index in [1.165, 1.54) is 6.20 Å². The van der Waals surface area contributed by atoms with Crippen LogP contribution < -0.4 is 0 Å². The molecule has 0 bridgehead atoms. The summed E-state index contributed by atoms with van der Waals surface area (Å²) in [5.41, 5.74) is 2.08. The molecule has 0 spiro atoms. The number of nitro groups is 1. The first-order valence-corrected chi connectivity index (χ1v) is 5.44. The van der Waals surface area contributed by atoms with Gasteiger partial charge in [0.05, 0.1) is 4.92 Å². The lowest BCUT2D eigenvalue weighted by Gasteiger charge is -2.30. The molecule has 0 radical (unpaired) electrons. The summed E-state index contributed by atoms with van der Waals surface area (Å²) >= 11 is 0. The van der Waals surface area contributed by atoms with E-state index in [-0.39, 0.29) is 10.6 Å². The summed E-state index contributed by atoms with van der Waals surface area (Å²) in [6, 6.07) is 2.11. The molecule has 5 heteroatoms. The lowest BCUT2D eigenvalue weighted by Crippen LogP contribution is -2.36. The Balaban J connectivity index is 2.28. The molecule has 0 saturated heterocycles. The summed E-state index contributed by atoms with van der Waals surface area (Å²) in [4.78, 5) is 16.7. The van der Waals surface area contributed by atoms with Crippen LogP contribution in [0, 0.1) is 10.1 Å². The molecule has 0 aromatic carbocycles. The van der Waals surface area contributed by atoms with Gasteiger partial charge < -0.3 is 0 Å². The fourth-order valence-corrected chi connectivity index (χ4v) is 1.98. The second kappa shape index (κ2) is 4.17. The van der Waals surface area contributed by atoms with Crippen LogP contribution in [0.1, 0.15) is 25.1 Å². The minimum atomic E-state index is -0.387. The van der Waals surface area contributed by atoms with Crippen LogP contribution in [0.5, 0.6) is 0 Å². The molecule has 0 fully saturated rings. The molecule has 2 heterocycles. The normalized spacial score (nSPS) is 16.2. The van der Waals surface area contributed by atoms with E-state index in [1.54, 1.807) is 6.07 Å². The molecule has 5 nitrogen and oxygen atoms in total. The molecule has 1 aromatic heterocycles. The maximum atomic E-state index is 10.7. The molecule has 16 heavy (non-hydrogen) atoms. The third-order valence-electron chi connectivity index (χ3n) is 3.00. The van der Waals surface area contributed by atoms with Gasteiger partial charge in [-0.25, -0.2) is 0 Å². The summed E-state index contributed by atoms with van der Waals surface area (Å²) < 4.78 is 0. The second-order valence-electron chi connectivity index (χ2n) is 4.37. The zero-order valence-corrected chi connectivity index (χ0v) is 9.51. The topological polar surface area (TPSA) is 59.3 Å². The molecule has 0 aliphatic carbocycles. The zero-order valence-electron chi connectivity index (χ0n) is 9.51. The summed E-state index contributed by atoms with van der Waals surface area (Å²) in [5, 5.41) is 10.7. The Morgan fingerprint density at radius 2 is 2.31 bits per heavy atom. The van der Waals surface area contributed by atoms with Crippen molar-refractivity contribution >= 4 is 5.69 Å². The quantitative estimate of drug-likeness (QED) is 0.564. The highest BCUT2D eigenvalue weighted by molar-refractivity contribution is 5.35. The Hall–Kier alpha value is -1.49. The largest absolute Gasteiger partial charge is 0.296 e. The van der Waals surface area contributed by atoms with Crippen molar-refractivity contribution < 1.29 is 4.92 Å². The van der Waals surface area contributed by atoms with Crippen molar-refractivity contribution in [3.63, 3.8) is 0 Å². The van der Waals surface area contributed by atoms with Gasteiger partial charge in [-0.05, 0) is 19.4 Å². The Labute approximate surface area is 94.2 Å². The third-order valence-corrected chi connectivity index (χ3v) is 3.00. The van der Waals surface area contributed by atoms with Gasteiger partial charge in [0.2, 0.25) is 0 Å². The first-order chi connectivity index (χ1) is 7.58. The fourth-order valence-electron chi connectivity index (χ4n) is 1.98. The van der Waals surface area contributed by atoms with Gasteiger partial charge in [-0.15, -0.1) is 0 Å². The number of fused-ring (bicyclic) bond motifs is 1. The van der Waals surface area contributed by atoms with E-state index in [0.717, 1.165) is 30.8 Å². The van der Waals surface area contributed by atoms with Gasteiger partial charge in [0.25, 0.3) is 5.69 Å². The van der Waals surface area contributed by atoms with Crippen LogP contribution in [0.2, 0.25) is 0 Å². The monoisotopic (exact) mass is 221 g/mol. The summed E-state index contributed by atoms with van der Waals surface area (Å²) in [6.07, 6.45) is 2.23. The van der Waals surface area contributed by atoms with E-state index in [0.29, 0.717) is 6.04 Å². The molecule has 0 unspecified atom stereocenters. The van der Waals surface area contributed by atoms with Gasteiger partial charge >= 0.3 is 0 Å². The molecule has 1 aromatic rings. The van der Waals surface area contributed by atoms with Crippen molar-refractivity contribution in [2.75, 3.05) is 6.54 Å². The Bertz CT molecular complexity index is 418. The minimum absolute atomic E-state index is 0.0874. The van der Waals surface area contributed by atoms with Gasteiger partial charge in [-0.3, -0.25) is 20.0 Å². The van der Waals surface area contributed by atoms with E-state index in [9.17, 15) is 10.1 Å². The van der Waals surface area contributed by atoms with E-state index in [1.807, 2.05) is 0 Å². The number of rotatable bonds is 2. The van der Waals surface area contributed by atoms with Gasteiger partial charge in [0, 0.05) is 37.3 Å². The molecule has 1 aliphatic heterocycles. The van der Waals surface area contributed by atoms with Crippen LogP contribution in [0.3, 0.4) is 0 Å². The summed E-state index contributed by atoms with van der Waals surface area (Å²) in [7, 11) is 0. The van der Waals surface area contributed by atoms with Gasteiger partial charge in [0.1, 0.15) is 6.20 Å². The van der Waals surface area contributed by atoms with E-state index in [2.05, 4.69) is 23.7 Å². The SMILES string of the molecule is CC(C)N1CCc2ncc([N+](=O)[O-])cc2C1. The summed E-state index contributed by atoms with van der Waals surface area (Å²) in [6.45, 7) is 6.02. The van der Waals surface area contributed by atoms with Gasteiger partial charge in [-0.2, -0.15) is 0 Å². The van der Waals surface area contributed by atoms with Crippen LogP contribution >= 0.6 is 0 Å². The average Bonchev–Trinajstić information content (AvgIpc) is 2.27. The maximum absolute atomic E-state index is 10.7. The first kappa shape index (κ1) is 11.0.